The Labute approximate surface area is 232 Å². The lowest BCUT2D eigenvalue weighted by molar-refractivity contribution is -0.145. The predicted octanol–water partition coefficient (Wildman–Crippen LogP) is 2.84. The van der Waals surface area contributed by atoms with Gasteiger partial charge in [-0.2, -0.15) is 11.8 Å². The molecule has 5 N–H and O–H groups in total. The smallest absolute Gasteiger partial charge is 0.405 e. The number of aliphatic hydroxyl groups excluding tert-OH is 1. The molecule has 10 nitrogen and oxygen atoms in total. The lowest BCUT2D eigenvalue weighted by Crippen LogP contribution is -2.54. The van der Waals surface area contributed by atoms with Crippen molar-refractivity contribution in [2.45, 2.75) is 104 Å². The molecule has 1 heterocycles. The van der Waals surface area contributed by atoms with Gasteiger partial charge in [0.1, 0.15) is 12.1 Å². The van der Waals surface area contributed by atoms with Gasteiger partial charge in [0, 0.05) is 13.1 Å². The van der Waals surface area contributed by atoms with Gasteiger partial charge >= 0.3 is 6.09 Å². The summed E-state index contributed by atoms with van der Waals surface area (Å²) in [6.07, 6.45) is 2.83. The second kappa shape index (κ2) is 16.2. The summed E-state index contributed by atoms with van der Waals surface area (Å²) in [7, 11) is 0. The van der Waals surface area contributed by atoms with Crippen LogP contribution in [0.25, 0.3) is 0 Å². The van der Waals surface area contributed by atoms with Crippen LogP contribution in [-0.2, 0) is 14.4 Å². The highest BCUT2D eigenvalue weighted by molar-refractivity contribution is 7.98. The third kappa shape index (κ3) is 10.3. The Morgan fingerprint density at radius 1 is 1.13 bits per heavy atom. The minimum atomic E-state index is -1.28. The van der Waals surface area contributed by atoms with E-state index in [2.05, 4.69) is 22.9 Å². The molecule has 0 bridgehead atoms. The number of nitrogens with one attached hydrogen (secondary N) is 3. The van der Waals surface area contributed by atoms with E-state index in [9.17, 15) is 24.3 Å². The van der Waals surface area contributed by atoms with Gasteiger partial charge < -0.3 is 31.1 Å². The van der Waals surface area contributed by atoms with Gasteiger partial charge in [-0.25, -0.2) is 4.79 Å². The van der Waals surface area contributed by atoms with E-state index in [1.54, 1.807) is 4.90 Å². The number of carbonyl (C=O) groups is 4. The molecule has 0 aromatic heterocycles. The molecule has 0 unspecified atom stereocenters. The maximum atomic E-state index is 13.6. The normalized spacial score (nSPS) is 20.8. The minimum absolute atomic E-state index is 0.0687. The molecule has 11 heteroatoms. The number of carbonyl (C=O) groups excluding carboxylic acids is 3. The fourth-order valence-corrected chi connectivity index (χ4v) is 5.51. The molecule has 0 spiro atoms. The number of hydrogen-bond acceptors (Lipinski definition) is 6. The van der Waals surface area contributed by atoms with Gasteiger partial charge in [0.15, 0.2) is 0 Å². The number of aliphatic hydroxyl groups is 1. The van der Waals surface area contributed by atoms with Crippen molar-refractivity contribution in [1.29, 1.82) is 0 Å². The van der Waals surface area contributed by atoms with Crippen LogP contribution in [0.5, 0.6) is 0 Å². The van der Waals surface area contributed by atoms with Gasteiger partial charge in [-0.3, -0.25) is 14.4 Å². The Balaban J connectivity index is 3.02. The van der Waals surface area contributed by atoms with Crippen LogP contribution in [0.1, 0.15) is 80.1 Å². The number of unbranched alkanes of at least 4 members (excludes halogenated alkanes) is 1. The van der Waals surface area contributed by atoms with Crippen molar-refractivity contribution in [1.82, 2.24) is 20.9 Å². The maximum Gasteiger partial charge on any atom is 0.405 e. The topological polar surface area (TPSA) is 148 Å². The van der Waals surface area contributed by atoms with E-state index in [1.165, 1.54) is 11.8 Å². The maximum absolute atomic E-state index is 13.6. The zero-order chi connectivity index (χ0) is 29.0. The van der Waals surface area contributed by atoms with Gasteiger partial charge in [-0.05, 0) is 55.9 Å². The number of amides is 4. The van der Waals surface area contributed by atoms with Crippen LogP contribution in [0.4, 0.5) is 4.79 Å². The van der Waals surface area contributed by atoms with Crippen molar-refractivity contribution < 1.29 is 29.4 Å². The fourth-order valence-electron chi connectivity index (χ4n) is 5.04. The van der Waals surface area contributed by atoms with E-state index in [4.69, 9.17) is 5.11 Å². The van der Waals surface area contributed by atoms with E-state index < -0.39 is 41.6 Å². The zero-order valence-electron chi connectivity index (χ0n) is 24.2. The number of rotatable bonds is 17. The molecule has 0 saturated carbocycles. The lowest BCUT2D eigenvalue weighted by Gasteiger charge is -2.34. The number of hydrogen-bond donors (Lipinski definition) is 5. The van der Waals surface area contributed by atoms with Crippen molar-refractivity contribution in [3.8, 4) is 0 Å². The summed E-state index contributed by atoms with van der Waals surface area (Å²) >= 11 is 1.51. The van der Waals surface area contributed by atoms with E-state index in [-0.39, 0.29) is 30.1 Å². The standard InChI is InChI=1S/C27H50N4O6S/c1-8-9-12-28-24(34)22(18(4)5)31-13-11-27(6,25(31)35)16-21(32)20(15-17(2)3)29-23(33)19(10-14-38-7)30-26(36)37/h17-22,30,32H,8-16H2,1-7H3,(H,28,34)(H,29,33)(H,36,37)/t19-,20-,21-,22-,27-/m0/s1. The molecule has 0 aliphatic carbocycles. The number of carboxylic acid groups (broad SMARTS) is 1. The highest BCUT2D eigenvalue weighted by atomic mass is 32.2. The zero-order valence-corrected chi connectivity index (χ0v) is 25.0. The van der Waals surface area contributed by atoms with Gasteiger partial charge in [-0.1, -0.05) is 48.0 Å². The summed E-state index contributed by atoms with van der Waals surface area (Å²) in [5.41, 5.74) is -0.881. The van der Waals surface area contributed by atoms with Crippen LogP contribution in [0, 0.1) is 17.3 Å². The Morgan fingerprint density at radius 2 is 1.79 bits per heavy atom. The average Bonchev–Trinajstić information content (AvgIpc) is 3.09. The summed E-state index contributed by atoms with van der Waals surface area (Å²) in [6.45, 7) is 12.7. The SMILES string of the molecule is CCCCNC(=O)[C@H](C(C)C)N1CC[C@@](C)(C[C@H](O)[C@H](CC(C)C)NC(=O)[C@H](CCSC)NC(=O)O)C1=O. The van der Waals surface area contributed by atoms with Crippen LogP contribution in [0.3, 0.4) is 0 Å². The second-order valence-electron chi connectivity index (χ2n) is 11.4. The van der Waals surface area contributed by atoms with Crippen molar-refractivity contribution in [2.75, 3.05) is 25.1 Å². The summed E-state index contributed by atoms with van der Waals surface area (Å²) in [4.78, 5) is 52.4. The highest BCUT2D eigenvalue weighted by Gasteiger charge is 2.49. The molecule has 1 rings (SSSR count). The van der Waals surface area contributed by atoms with Gasteiger partial charge in [0.25, 0.3) is 0 Å². The van der Waals surface area contributed by atoms with Gasteiger partial charge in [0.05, 0.1) is 17.6 Å². The molecule has 0 aromatic rings. The third-order valence-electron chi connectivity index (χ3n) is 7.15. The first-order chi connectivity index (χ1) is 17.8. The first kappa shape index (κ1) is 34.0. The van der Waals surface area contributed by atoms with E-state index in [0.29, 0.717) is 38.1 Å². The summed E-state index contributed by atoms with van der Waals surface area (Å²) in [6, 6.07) is -2.16. The first-order valence-electron chi connectivity index (χ1n) is 13.8. The summed E-state index contributed by atoms with van der Waals surface area (Å²) in [5.74, 6) is -0.131. The predicted molar refractivity (Wildman–Crippen MR) is 151 cm³/mol. The van der Waals surface area contributed by atoms with Crippen molar-refractivity contribution in [2.24, 2.45) is 17.3 Å². The first-order valence-corrected chi connectivity index (χ1v) is 15.2. The molecule has 4 amide bonds. The molecule has 220 valence electrons. The highest BCUT2D eigenvalue weighted by Crippen LogP contribution is 2.39. The van der Waals surface area contributed by atoms with Crippen molar-refractivity contribution >= 4 is 35.6 Å². The molecule has 0 aromatic carbocycles. The molecule has 38 heavy (non-hydrogen) atoms. The van der Waals surface area contributed by atoms with Crippen LogP contribution >= 0.6 is 11.8 Å². The monoisotopic (exact) mass is 558 g/mol. The molecular formula is C27H50N4O6S. The molecule has 0 radical (unpaired) electrons. The van der Waals surface area contributed by atoms with Crippen LogP contribution in [-0.4, -0.2) is 88.3 Å². The quantitative estimate of drug-likeness (QED) is 0.172. The minimum Gasteiger partial charge on any atom is -0.465 e. The Hall–Kier alpha value is -2.01. The molecular weight excluding hydrogens is 508 g/mol. The Kier molecular flexibility index (Phi) is 14.5. The van der Waals surface area contributed by atoms with E-state index in [1.807, 2.05) is 40.9 Å². The average molecular weight is 559 g/mol. The number of likely N-dealkylation sites (tertiary alicyclic amines) is 1. The van der Waals surface area contributed by atoms with Gasteiger partial charge in [-0.15, -0.1) is 0 Å². The van der Waals surface area contributed by atoms with Crippen LogP contribution in [0.2, 0.25) is 0 Å². The van der Waals surface area contributed by atoms with Crippen LogP contribution < -0.4 is 16.0 Å². The second-order valence-corrected chi connectivity index (χ2v) is 12.4. The molecule has 1 aliphatic heterocycles. The largest absolute Gasteiger partial charge is 0.465 e. The van der Waals surface area contributed by atoms with Crippen LogP contribution in [0.15, 0.2) is 0 Å². The van der Waals surface area contributed by atoms with Crippen molar-refractivity contribution in [3.05, 3.63) is 0 Å². The van der Waals surface area contributed by atoms with Crippen molar-refractivity contribution in [3.63, 3.8) is 0 Å². The number of thioether (sulfide) groups is 1. The molecule has 1 aliphatic rings. The molecule has 1 saturated heterocycles. The third-order valence-corrected chi connectivity index (χ3v) is 7.79. The Morgan fingerprint density at radius 3 is 2.32 bits per heavy atom. The Bertz CT molecular complexity index is 796. The fraction of sp³-hybridized carbons (Fsp3) is 0.852. The van der Waals surface area contributed by atoms with E-state index >= 15 is 0 Å². The number of nitrogens with zero attached hydrogens (tertiary/aromatic N) is 1. The van der Waals surface area contributed by atoms with E-state index in [0.717, 1.165) is 12.8 Å². The molecule has 1 fully saturated rings. The molecule has 5 atom stereocenters. The summed E-state index contributed by atoms with van der Waals surface area (Å²) in [5, 5.41) is 28.5. The van der Waals surface area contributed by atoms with Gasteiger partial charge in [0.2, 0.25) is 17.7 Å². The summed E-state index contributed by atoms with van der Waals surface area (Å²) < 4.78 is 0. The lowest BCUT2D eigenvalue weighted by atomic mass is 9.80.